The van der Waals surface area contributed by atoms with Gasteiger partial charge < -0.3 is 19.7 Å². The third-order valence-electron chi connectivity index (χ3n) is 6.19. The molecule has 0 radical (unpaired) electrons. The number of benzene rings is 2. The van der Waals surface area contributed by atoms with Gasteiger partial charge in [0.25, 0.3) is 0 Å². The number of rotatable bonds is 7. The van der Waals surface area contributed by atoms with Gasteiger partial charge in [0.15, 0.2) is 11.5 Å². The summed E-state index contributed by atoms with van der Waals surface area (Å²) in [5.74, 6) is 2.01. The monoisotopic (exact) mass is 451 g/mol. The predicted molar refractivity (Wildman–Crippen MR) is 131 cm³/mol. The molecule has 2 aliphatic heterocycles. The first-order valence-electron chi connectivity index (χ1n) is 12.2. The Kier molecular flexibility index (Phi) is 7.76. The first kappa shape index (κ1) is 23.4. The normalized spacial score (nSPS) is 18.2. The average molecular weight is 452 g/mol. The number of carbonyl (C=O) groups excluding carboxylic acids is 1. The van der Waals surface area contributed by atoms with Crippen molar-refractivity contribution in [3.8, 4) is 11.5 Å². The Balaban J connectivity index is 1.39. The number of carbonyl (C=O) groups is 1. The Labute approximate surface area is 197 Å². The molecule has 0 saturated carbocycles. The molecule has 1 N–H and O–H groups in total. The van der Waals surface area contributed by atoms with Gasteiger partial charge in [-0.05, 0) is 42.0 Å². The van der Waals surface area contributed by atoms with Crippen molar-refractivity contribution in [2.75, 3.05) is 32.8 Å². The van der Waals surface area contributed by atoms with Gasteiger partial charge in [-0.2, -0.15) is 0 Å². The molecule has 33 heavy (non-hydrogen) atoms. The molecule has 0 aromatic heterocycles. The number of hydrogen-bond acceptors (Lipinski definition) is 4. The Morgan fingerprint density at radius 3 is 2.73 bits per heavy atom. The van der Waals surface area contributed by atoms with Gasteiger partial charge in [0, 0.05) is 45.2 Å². The fraction of sp³-hybridized carbons (Fsp3) is 0.519. The highest BCUT2D eigenvalue weighted by atomic mass is 16.5. The molecule has 2 aromatic carbocycles. The van der Waals surface area contributed by atoms with Crippen molar-refractivity contribution in [1.82, 2.24) is 15.1 Å². The van der Waals surface area contributed by atoms with Gasteiger partial charge in [0.2, 0.25) is 0 Å². The van der Waals surface area contributed by atoms with Crippen LogP contribution in [0.15, 0.2) is 42.5 Å². The summed E-state index contributed by atoms with van der Waals surface area (Å²) in [6, 6.07) is 14.9. The molecule has 2 heterocycles. The molecule has 1 unspecified atom stereocenters. The zero-order chi connectivity index (χ0) is 23.2. The largest absolute Gasteiger partial charge is 0.490 e. The van der Waals surface area contributed by atoms with Crippen LogP contribution >= 0.6 is 0 Å². The molecular formula is C27H37N3O3. The van der Waals surface area contributed by atoms with Crippen molar-refractivity contribution >= 4 is 6.03 Å². The van der Waals surface area contributed by atoms with Crippen LogP contribution in [0.1, 0.15) is 43.4 Å². The fourth-order valence-electron chi connectivity index (χ4n) is 4.69. The maximum Gasteiger partial charge on any atom is 0.317 e. The third-order valence-corrected chi connectivity index (χ3v) is 6.19. The fourth-order valence-corrected chi connectivity index (χ4v) is 4.69. The molecule has 1 saturated heterocycles. The molecule has 2 aliphatic rings. The lowest BCUT2D eigenvalue weighted by Gasteiger charge is -2.27. The number of likely N-dealkylation sites (tertiary alicyclic amines) is 1. The van der Waals surface area contributed by atoms with E-state index in [4.69, 9.17) is 9.47 Å². The molecule has 0 spiro atoms. The molecular weight excluding hydrogens is 414 g/mol. The number of nitrogens with one attached hydrogen (secondary N) is 1. The van der Waals surface area contributed by atoms with Crippen LogP contribution in [0.25, 0.3) is 0 Å². The number of amides is 2. The number of nitrogens with zero attached hydrogens (tertiary/aromatic N) is 2. The summed E-state index contributed by atoms with van der Waals surface area (Å²) < 4.78 is 11.8. The molecule has 1 fully saturated rings. The number of ether oxygens (including phenoxy) is 2. The molecule has 2 aromatic rings. The SMILES string of the molecule is Cc1cc(CN(CC(C)C)C(=O)NC2CCN(Cc3ccccc3)C2)cc2c1OCCCO2. The van der Waals surface area contributed by atoms with Crippen LogP contribution in [0, 0.1) is 12.8 Å². The van der Waals surface area contributed by atoms with Crippen molar-refractivity contribution in [3.63, 3.8) is 0 Å². The molecule has 178 valence electrons. The van der Waals surface area contributed by atoms with Gasteiger partial charge >= 0.3 is 6.03 Å². The summed E-state index contributed by atoms with van der Waals surface area (Å²) in [7, 11) is 0. The number of aryl methyl sites for hydroxylation is 1. The van der Waals surface area contributed by atoms with Crippen LogP contribution in [-0.2, 0) is 13.1 Å². The average Bonchev–Trinajstić information content (AvgIpc) is 3.06. The van der Waals surface area contributed by atoms with Crippen LogP contribution in [-0.4, -0.2) is 54.7 Å². The van der Waals surface area contributed by atoms with E-state index >= 15 is 0 Å². The molecule has 0 aliphatic carbocycles. The first-order valence-corrected chi connectivity index (χ1v) is 12.2. The lowest BCUT2D eigenvalue weighted by molar-refractivity contribution is 0.183. The Morgan fingerprint density at radius 2 is 1.94 bits per heavy atom. The van der Waals surface area contributed by atoms with Crippen LogP contribution in [0.2, 0.25) is 0 Å². The van der Waals surface area contributed by atoms with Crippen molar-refractivity contribution in [2.45, 2.75) is 52.7 Å². The standard InChI is InChI=1S/C27H37N3O3/c1-20(2)16-30(18-23-14-21(3)26-25(15-23)32-12-7-13-33-26)27(31)28-24-10-11-29(19-24)17-22-8-5-4-6-9-22/h4-6,8-9,14-15,20,24H,7,10-13,16-19H2,1-3H3,(H,28,31). The Hall–Kier alpha value is -2.73. The van der Waals surface area contributed by atoms with Gasteiger partial charge in [-0.3, -0.25) is 4.90 Å². The molecule has 4 rings (SSSR count). The molecule has 2 amide bonds. The van der Waals surface area contributed by atoms with Gasteiger partial charge in [0.1, 0.15) is 0 Å². The van der Waals surface area contributed by atoms with E-state index in [1.165, 1.54) is 5.56 Å². The maximum atomic E-state index is 13.3. The van der Waals surface area contributed by atoms with E-state index in [0.29, 0.717) is 32.2 Å². The maximum absolute atomic E-state index is 13.3. The van der Waals surface area contributed by atoms with E-state index in [0.717, 1.165) is 55.1 Å². The van der Waals surface area contributed by atoms with Crippen LogP contribution in [0.3, 0.4) is 0 Å². The minimum Gasteiger partial charge on any atom is -0.490 e. The number of urea groups is 1. The molecule has 0 bridgehead atoms. The van der Waals surface area contributed by atoms with Crippen LogP contribution < -0.4 is 14.8 Å². The summed E-state index contributed by atoms with van der Waals surface area (Å²) in [5, 5.41) is 3.30. The smallest absolute Gasteiger partial charge is 0.317 e. The molecule has 6 heteroatoms. The van der Waals surface area contributed by atoms with E-state index in [1.54, 1.807) is 0 Å². The lowest BCUT2D eigenvalue weighted by Crippen LogP contribution is -2.46. The van der Waals surface area contributed by atoms with E-state index in [-0.39, 0.29) is 12.1 Å². The Bertz CT molecular complexity index is 932. The van der Waals surface area contributed by atoms with Crippen molar-refractivity contribution < 1.29 is 14.3 Å². The van der Waals surface area contributed by atoms with Crippen molar-refractivity contribution in [3.05, 3.63) is 59.2 Å². The second-order valence-electron chi connectivity index (χ2n) is 9.72. The minimum atomic E-state index is 0.0139. The zero-order valence-corrected chi connectivity index (χ0v) is 20.2. The van der Waals surface area contributed by atoms with E-state index in [2.05, 4.69) is 54.4 Å². The van der Waals surface area contributed by atoms with Gasteiger partial charge in [-0.1, -0.05) is 50.2 Å². The summed E-state index contributed by atoms with van der Waals surface area (Å²) in [6.45, 7) is 11.8. The predicted octanol–water partition coefficient (Wildman–Crippen LogP) is 4.60. The van der Waals surface area contributed by atoms with Gasteiger partial charge in [-0.15, -0.1) is 0 Å². The first-order chi connectivity index (χ1) is 16.0. The topological polar surface area (TPSA) is 54.0 Å². The van der Waals surface area contributed by atoms with E-state index in [9.17, 15) is 4.79 Å². The number of fused-ring (bicyclic) bond motifs is 1. The Morgan fingerprint density at radius 1 is 1.15 bits per heavy atom. The van der Waals surface area contributed by atoms with Crippen LogP contribution in [0.4, 0.5) is 4.79 Å². The lowest BCUT2D eigenvalue weighted by atomic mass is 10.1. The highest BCUT2D eigenvalue weighted by Crippen LogP contribution is 2.34. The third kappa shape index (κ3) is 6.41. The van der Waals surface area contributed by atoms with Crippen molar-refractivity contribution in [2.24, 2.45) is 5.92 Å². The van der Waals surface area contributed by atoms with E-state index < -0.39 is 0 Å². The van der Waals surface area contributed by atoms with Crippen molar-refractivity contribution in [1.29, 1.82) is 0 Å². The minimum absolute atomic E-state index is 0.0139. The molecule has 6 nitrogen and oxygen atoms in total. The quantitative estimate of drug-likeness (QED) is 0.669. The highest BCUT2D eigenvalue weighted by Gasteiger charge is 2.26. The summed E-state index contributed by atoms with van der Waals surface area (Å²) in [6.07, 6.45) is 1.87. The summed E-state index contributed by atoms with van der Waals surface area (Å²) in [4.78, 5) is 17.6. The van der Waals surface area contributed by atoms with Crippen LogP contribution in [0.5, 0.6) is 11.5 Å². The zero-order valence-electron chi connectivity index (χ0n) is 20.2. The van der Waals surface area contributed by atoms with E-state index in [1.807, 2.05) is 24.0 Å². The number of hydrogen-bond donors (Lipinski definition) is 1. The second kappa shape index (κ2) is 10.9. The summed E-state index contributed by atoms with van der Waals surface area (Å²) >= 11 is 0. The van der Waals surface area contributed by atoms with Gasteiger partial charge in [-0.25, -0.2) is 4.79 Å². The molecule has 1 atom stereocenters. The summed E-state index contributed by atoms with van der Waals surface area (Å²) in [5.41, 5.74) is 3.45. The highest BCUT2D eigenvalue weighted by molar-refractivity contribution is 5.74. The second-order valence-corrected chi connectivity index (χ2v) is 9.72. The van der Waals surface area contributed by atoms with Gasteiger partial charge in [0.05, 0.1) is 13.2 Å².